The van der Waals surface area contributed by atoms with E-state index in [0.717, 1.165) is 0 Å². The van der Waals surface area contributed by atoms with Crippen LogP contribution >= 0.6 is 0 Å². The zero-order chi connectivity index (χ0) is 14.6. The lowest BCUT2D eigenvalue weighted by Crippen LogP contribution is -2.45. The van der Waals surface area contributed by atoms with E-state index in [9.17, 15) is 13.2 Å². The molecular weight excluding hydrogens is 280 g/mol. The molecule has 1 fully saturated rings. The van der Waals surface area contributed by atoms with E-state index in [1.54, 1.807) is 25.1 Å². The van der Waals surface area contributed by atoms with Crippen LogP contribution in [0.5, 0.6) is 0 Å². The molecule has 1 saturated heterocycles. The zero-order valence-corrected chi connectivity index (χ0v) is 12.1. The molecule has 0 saturated carbocycles. The maximum absolute atomic E-state index is 12.1. The zero-order valence-electron chi connectivity index (χ0n) is 11.3. The number of para-hydroxylation sites is 1. The van der Waals surface area contributed by atoms with Gasteiger partial charge in [0.15, 0.2) is 9.84 Å². The second kappa shape index (κ2) is 6.34. The van der Waals surface area contributed by atoms with Gasteiger partial charge in [-0.1, -0.05) is 19.1 Å². The Morgan fingerprint density at radius 2 is 2.20 bits per heavy atom. The van der Waals surface area contributed by atoms with Crippen LogP contribution in [0.1, 0.15) is 6.92 Å². The van der Waals surface area contributed by atoms with Crippen LogP contribution in [-0.4, -0.2) is 45.9 Å². The highest BCUT2D eigenvalue weighted by atomic mass is 32.2. The Morgan fingerprint density at radius 1 is 1.45 bits per heavy atom. The fourth-order valence-corrected chi connectivity index (χ4v) is 2.99. The molecule has 2 rings (SSSR count). The van der Waals surface area contributed by atoms with Gasteiger partial charge in [0, 0.05) is 13.1 Å². The Balaban J connectivity index is 2.19. The number of amides is 1. The van der Waals surface area contributed by atoms with Gasteiger partial charge in [-0.2, -0.15) is 0 Å². The van der Waals surface area contributed by atoms with Crippen LogP contribution in [0.3, 0.4) is 0 Å². The Morgan fingerprint density at radius 3 is 2.85 bits per heavy atom. The van der Waals surface area contributed by atoms with Crippen molar-refractivity contribution in [1.82, 2.24) is 5.32 Å². The van der Waals surface area contributed by atoms with Crippen LogP contribution in [0, 0.1) is 0 Å². The summed E-state index contributed by atoms with van der Waals surface area (Å²) in [6.07, 6.45) is -0.596. The van der Waals surface area contributed by atoms with Gasteiger partial charge in [-0.25, -0.2) is 8.42 Å². The third-order valence-electron chi connectivity index (χ3n) is 3.08. The van der Waals surface area contributed by atoms with E-state index >= 15 is 0 Å². The molecule has 1 heterocycles. The Hall–Kier alpha value is -1.44. The van der Waals surface area contributed by atoms with Crippen molar-refractivity contribution < 1.29 is 17.9 Å². The molecule has 1 aliphatic heterocycles. The maximum atomic E-state index is 12.1. The molecule has 1 aromatic carbocycles. The summed E-state index contributed by atoms with van der Waals surface area (Å²) in [7, 11) is -3.38. The van der Waals surface area contributed by atoms with Crippen molar-refractivity contribution >= 4 is 21.4 Å². The summed E-state index contributed by atoms with van der Waals surface area (Å²) in [5.41, 5.74) is 0.300. The van der Waals surface area contributed by atoms with Gasteiger partial charge in [-0.3, -0.25) is 4.79 Å². The smallest absolute Gasteiger partial charge is 0.254 e. The molecule has 1 amide bonds. The summed E-state index contributed by atoms with van der Waals surface area (Å²) < 4.78 is 29.3. The first kappa shape index (κ1) is 15.0. The molecule has 1 aromatic rings. The van der Waals surface area contributed by atoms with Crippen LogP contribution in [-0.2, 0) is 19.4 Å². The van der Waals surface area contributed by atoms with Gasteiger partial charge in [0.05, 0.1) is 22.9 Å². The molecule has 1 aliphatic rings. The molecule has 7 heteroatoms. The topological polar surface area (TPSA) is 84.5 Å². The number of benzene rings is 1. The van der Waals surface area contributed by atoms with Gasteiger partial charge in [0.2, 0.25) is 0 Å². The predicted octanol–water partition coefficient (Wildman–Crippen LogP) is 0.407. The minimum Gasteiger partial charge on any atom is -0.366 e. The minimum absolute atomic E-state index is 0.0125. The fourth-order valence-electron chi connectivity index (χ4n) is 1.94. The highest BCUT2D eigenvalue weighted by Gasteiger charge is 2.24. The highest BCUT2D eigenvalue weighted by Crippen LogP contribution is 2.22. The molecule has 1 atom stereocenters. The molecule has 2 N–H and O–H groups in total. The minimum atomic E-state index is -3.38. The van der Waals surface area contributed by atoms with E-state index in [-0.39, 0.29) is 16.6 Å². The first-order chi connectivity index (χ1) is 9.54. The molecule has 110 valence electrons. The molecule has 1 unspecified atom stereocenters. The van der Waals surface area contributed by atoms with E-state index in [4.69, 9.17) is 4.74 Å². The third-order valence-corrected chi connectivity index (χ3v) is 4.87. The van der Waals surface area contributed by atoms with Crippen molar-refractivity contribution in [2.45, 2.75) is 17.9 Å². The Kier molecular flexibility index (Phi) is 4.74. The first-order valence-corrected chi connectivity index (χ1v) is 8.15. The summed E-state index contributed by atoms with van der Waals surface area (Å²) in [5, 5.41) is 5.69. The standard InChI is InChI=1S/C13H18N2O4S/c1-2-20(17,18)12-6-4-3-5-10(12)15-13(16)11-9-14-7-8-19-11/h3-6,11,14H,2,7-9H2,1H3,(H,15,16). The van der Waals surface area contributed by atoms with Gasteiger partial charge in [0.25, 0.3) is 5.91 Å². The molecule has 6 nitrogen and oxygen atoms in total. The van der Waals surface area contributed by atoms with E-state index in [2.05, 4.69) is 10.6 Å². The van der Waals surface area contributed by atoms with Crippen molar-refractivity contribution in [2.75, 3.05) is 30.8 Å². The summed E-state index contributed by atoms with van der Waals surface area (Å²) in [6, 6.07) is 6.40. The number of hydrogen-bond donors (Lipinski definition) is 2. The average Bonchev–Trinajstić information content (AvgIpc) is 2.48. The largest absolute Gasteiger partial charge is 0.366 e. The van der Waals surface area contributed by atoms with Gasteiger partial charge < -0.3 is 15.4 Å². The van der Waals surface area contributed by atoms with Crippen molar-refractivity contribution in [3.8, 4) is 0 Å². The van der Waals surface area contributed by atoms with E-state index in [1.807, 2.05) is 0 Å². The number of ether oxygens (including phenoxy) is 1. The lowest BCUT2D eigenvalue weighted by molar-refractivity contribution is -0.128. The fraction of sp³-hybridized carbons (Fsp3) is 0.462. The Bertz CT molecular complexity index is 580. The molecule has 0 radical (unpaired) electrons. The quantitative estimate of drug-likeness (QED) is 0.841. The normalized spacial score (nSPS) is 19.6. The van der Waals surface area contributed by atoms with Gasteiger partial charge in [-0.05, 0) is 12.1 Å². The number of nitrogens with one attached hydrogen (secondary N) is 2. The van der Waals surface area contributed by atoms with E-state index in [1.165, 1.54) is 6.07 Å². The van der Waals surface area contributed by atoms with Crippen molar-refractivity contribution in [3.63, 3.8) is 0 Å². The number of morpholine rings is 1. The molecule has 0 spiro atoms. The number of rotatable bonds is 4. The predicted molar refractivity (Wildman–Crippen MR) is 75.4 cm³/mol. The number of sulfone groups is 1. The molecule has 0 aliphatic carbocycles. The lowest BCUT2D eigenvalue weighted by atomic mass is 10.2. The van der Waals surface area contributed by atoms with Crippen molar-refractivity contribution in [2.24, 2.45) is 0 Å². The summed E-state index contributed by atoms with van der Waals surface area (Å²) in [6.45, 7) is 3.17. The van der Waals surface area contributed by atoms with Gasteiger partial charge >= 0.3 is 0 Å². The van der Waals surface area contributed by atoms with Crippen LogP contribution in [0.2, 0.25) is 0 Å². The number of carbonyl (C=O) groups is 1. The molecule has 20 heavy (non-hydrogen) atoms. The van der Waals surface area contributed by atoms with Crippen LogP contribution in [0.25, 0.3) is 0 Å². The number of anilines is 1. The van der Waals surface area contributed by atoms with Crippen LogP contribution < -0.4 is 10.6 Å². The monoisotopic (exact) mass is 298 g/mol. The van der Waals surface area contributed by atoms with Crippen molar-refractivity contribution in [1.29, 1.82) is 0 Å². The molecule has 0 bridgehead atoms. The summed E-state index contributed by atoms with van der Waals surface area (Å²) in [5.74, 6) is -0.350. The first-order valence-electron chi connectivity index (χ1n) is 6.49. The lowest BCUT2D eigenvalue weighted by Gasteiger charge is -2.23. The second-order valence-corrected chi connectivity index (χ2v) is 6.70. The SMILES string of the molecule is CCS(=O)(=O)c1ccccc1NC(=O)C1CNCCO1. The average molecular weight is 298 g/mol. The van der Waals surface area contributed by atoms with Crippen LogP contribution in [0.15, 0.2) is 29.2 Å². The molecular formula is C13H18N2O4S. The third kappa shape index (κ3) is 3.36. The van der Waals surface area contributed by atoms with Gasteiger partial charge in [0.1, 0.15) is 6.10 Å². The number of hydrogen-bond acceptors (Lipinski definition) is 5. The highest BCUT2D eigenvalue weighted by molar-refractivity contribution is 7.91. The van der Waals surface area contributed by atoms with E-state index in [0.29, 0.717) is 25.4 Å². The maximum Gasteiger partial charge on any atom is 0.254 e. The van der Waals surface area contributed by atoms with Gasteiger partial charge in [-0.15, -0.1) is 0 Å². The Labute approximate surface area is 118 Å². The summed E-state index contributed by atoms with van der Waals surface area (Å²) >= 11 is 0. The number of carbonyl (C=O) groups excluding carboxylic acids is 1. The van der Waals surface area contributed by atoms with E-state index < -0.39 is 15.9 Å². The molecule has 0 aromatic heterocycles. The van der Waals surface area contributed by atoms with Crippen LogP contribution in [0.4, 0.5) is 5.69 Å². The summed E-state index contributed by atoms with van der Waals surface area (Å²) in [4.78, 5) is 12.2. The van der Waals surface area contributed by atoms with Crippen molar-refractivity contribution in [3.05, 3.63) is 24.3 Å². The second-order valence-electron chi connectivity index (χ2n) is 4.45.